The third kappa shape index (κ3) is 7.79. The van der Waals surface area contributed by atoms with Crippen molar-refractivity contribution in [2.75, 3.05) is 7.11 Å². The van der Waals surface area contributed by atoms with Crippen molar-refractivity contribution in [2.24, 2.45) is 0 Å². The Kier molecular flexibility index (Phi) is 7.91. The Morgan fingerprint density at radius 1 is 1.18 bits per heavy atom. The van der Waals surface area contributed by atoms with Crippen molar-refractivity contribution >= 4 is 17.3 Å². The van der Waals surface area contributed by atoms with Crippen molar-refractivity contribution in [3.63, 3.8) is 0 Å². The summed E-state index contributed by atoms with van der Waals surface area (Å²) < 4.78 is 4.89. The van der Waals surface area contributed by atoms with Gasteiger partial charge in [-0.15, -0.1) is 0 Å². The van der Waals surface area contributed by atoms with Crippen LogP contribution in [0.1, 0.15) is 45.4 Å². The highest BCUT2D eigenvalue weighted by Crippen LogP contribution is 2.05. The van der Waals surface area contributed by atoms with Crippen molar-refractivity contribution in [3.8, 4) is 0 Å². The lowest BCUT2D eigenvalue weighted by molar-refractivity contribution is 0.399. The number of thiocarbonyl (C=S) groups is 1. The number of rotatable bonds is 6. The number of methoxy groups -OCH3 is 1. The van der Waals surface area contributed by atoms with Gasteiger partial charge in [0, 0.05) is 6.42 Å². The van der Waals surface area contributed by atoms with Crippen molar-refractivity contribution < 1.29 is 4.74 Å². The minimum Gasteiger partial charge on any atom is -0.490 e. The van der Waals surface area contributed by atoms with Crippen molar-refractivity contribution in [2.45, 2.75) is 45.4 Å². The summed E-state index contributed by atoms with van der Waals surface area (Å²) in [6.45, 7) is 2.22. The maximum absolute atomic E-state index is 4.91. The SMILES string of the molecule is CCCCCCCC(=S)OC. The second-order valence-electron chi connectivity index (χ2n) is 2.74. The maximum Gasteiger partial charge on any atom is 0.159 e. The lowest BCUT2D eigenvalue weighted by Crippen LogP contribution is -1.95. The molecule has 0 fully saturated rings. The summed E-state index contributed by atoms with van der Waals surface area (Å²) in [6, 6.07) is 0. The summed E-state index contributed by atoms with van der Waals surface area (Å²) in [7, 11) is 1.65. The molecule has 0 atom stereocenters. The smallest absolute Gasteiger partial charge is 0.159 e. The van der Waals surface area contributed by atoms with Gasteiger partial charge in [-0.25, -0.2) is 0 Å². The molecular weight excluding hydrogens is 156 g/mol. The molecule has 11 heavy (non-hydrogen) atoms. The van der Waals surface area contributed by atoms with Gasteiger partial charge < -0.3 is 4.74 Å². The van der Waals surface area contributed by atoms with E-state index < -0.39 is 0 Å². The molecule has 0 aromatic heterocycles. The first-order valence-corrected chi connectivity index (χ1v) is 4.79. The molecule has 0 aromatic carbocycles. The van der Waals surface area contributed by atoms with Gasteiger partial charge in [-0.05, 0) is 18.6 Å². The lowest BCUT2D eigenvalue weighted by atomic mass is 10.1. The monoisotopic (exact) mass is 174 g/mol. The normalized spacial score (nSPS) is 9.64. The number of hydrogen-bond donors (Lipinski definition) is 0. The Bertz CT molecular complexity index is 102. The van der Waals surface area contributed by atoms with Crippen LogP contribution >= 0.6 is 12.2 Å². The van der Waals surface area contributed by atoms with Crippen molar-refractivity contribution in [3.05, 3.63) is 0 Å². The molecule has 0 unspecified atom stereocenters. The van der Waals surface area contributed by atoms with E-state index in [4.69, 9.17) is 17.0 Å². The quantitative estimate of drug-likeness (QED) is 0.451. The summed E-state index contributed by atoms with van der Waals surface area (Å²) in [6.07, 6.45) is 7.41. The molecular formula is C9H18OS. The van der Waals surface area contributed by atoms with E-state index in [0.29, 0.717) is 0 Å². The molecule has 0 aliphatic carbocycles. The zero-order valence-corrected chi connectivity index (χ0v) is 8.38. The van der Waals surface area contributed by atoms with Crippen LogP contribution in [0.5, 0.6) is 0 Å². The molecule has 0 heterocycles. The van der Waals surface area contributed by atoms with Gasteiger partial charge in [0.25, 0.3) is 0 Å². The molecule has 0 spiro atoms. The third-order valence-electron chi connectivity index (χ3n) is 1.71. The zero-order chi connectivity index (χ0) is 8.53. The van der Waals surface area contributed by atoms with Crippen LogP contribution in [0.3, 0.4) is 0 Å². The highest BCUT2D eigenvalue weighted by Gasteiger charge is 1.94. The van der Waals surface area contributed by atoms with Gasteiger partial charge in [0.1, 0.15) is 0 Å². The molecule has 0 amide bonds. The van der Waals surface area contributed by atoms with E-state index in [1.54, 1.807) is 7.11 Å². The number of ether oxygens (including phenoxy) is 1. The van der Waals surface area contributed by atoms with E-state index >= 15 is 0 Å². The van der Waals surface area contributed by atoms with Gasteiger partial charge in [0.2, 0.25) is 0 Å². The fraction of sp³-hybridized carbons (Fsp3) is 0.889. The van der Waals surface area contributed by atoms with E-state index in [0.717, 1.165) is 11.5 Å². The van der Waals surface area contributed by atoms with Gasteiger partial charge in [-0.2, -0.15) is 0 Å². The Morgan fingerprint density at radius 2 is 1.82 bits per heavy atom. The Balaban J connectivity index is 2.95. The molecule has 2 heteroatoms. The van der Waals surface area contributed by atoms with Gasteiger partial charge in [-0.3, -0.25) is 0 Å². The van der Waals surface area contributed by atoms with Crippen molar-refractivity contribution in [1.29, 1.82) is 0 Å². The van der Waals surface area contributed by atoms with E-state index in [-0.39, 0.29) is 0 Å². The zero-order valence-electron chi connectivity index (χ0n) is 7.56. The van der Waals surface area contributed by atoms with Gasteiger partial charge >= 0.3 is 0 Å². The molecule has 0 aromatic rings. The maximum atomic E-state index is 4.91. The van der Waals surface area contributed by atoms with Crippen LogP contribution in [-0.2, 0) is 4.74 Å². The highest BCUT2D eigenvalue weighted by atomic mass is 32.1. The molecule has 0 rings (SSSR count). The topological polar surface area (TPSA) is 9.23 Å². The van der Waals surface area contributed by atoms with Crippen LogP contribution in [0.15, 0.2) is 0 Å². The van der Waals surface area contributed by atoms with Gasteiger partial charge in [-0.1, -0.05) is 32.6 Å². The largest absolute Gasteiger partial charge is 0.490 e. The molecule has 0 aliphatic rings. The fourth-order valence-corrected chi connectivity index (χ4v) is 1.12. The van der Waals surface area contributed by atoms with Crippen LogP contribution in [0.2, 0.25) is 0 Å². The van der Waals surface area contributed by atoms with Crippen LogP contribution in [-0.4, -0.2) is 12.2 Å². The highest BCUT2D eigenvalue weighted by molar-refractivity contribution is 7.80. The average molecular weight is 174 g/mol. The Hall–Kier alpha value is -0.110. The molecule has 0 radical (unpaired) electrons. The van der Waals surface area contributed by atoms with Gasteiger partial charge in [0.05, 0.1) is 7.11 Å². The minimum atomic E-state index is 0.751. The van der Waals surface area contributed by atoms with Crippen LogP contribution in [0, 0.1) is 0 Å². The molecule has 0 N–H and O–H groups in total. The molecule has 0 saturated carbocycles. The van der Waals surface area contributed by atoms with E-state index in [1.165, 1.54) is 32.1 Å². The second kappa shape index (κ2) is 7.99. The first-order chi connectivity index (χ1) is 5.31. The lowest BCUT2D eigenvalue weighted by Gasteiger charge is -2.00. The summed E-state index contributed by atoms with van der Waals surface area (Å²) in [5.41, 5.74) is 0. The summed E-state index contributed by atoms with van der Waals surface area (Å²) in [5, 5.41) is 0.751. The van der Waals surface area contributed by atoms with E-state index in [1.807, 2.05) is 0 Å². The minimum absolute atomic E-state index is 0.751. The van der Waals surface area contributed by atoms with E-state index in [9.17, 15) is 0 Å². The predicted molar refractivity (Wildman–Crippen MR) is 53.0 cm³/mol. The van der Waals surface area contributed by atoms with Gasteiger partial charge in [0.15, 0.2) is 5.05 Å². The summed E-state index contributed by atoms with van der Waals surface area (Å²) in [5.74, 6) is 0. The third-order valence-corrected chi connectivity index (χ3v) is 2.08. The molecule has 0 aliphatic heterocycles. The Morgan fingerprint density at radius 3 is 2.36 bits per heavy atom. The molecule has 66 valence electrons. The summed E-state index contributed by atoms with van der Waals surface area (Å²) in [4.78, 5) is 0. The molecule has 1 nitrogen and oxygen atoms in total. The standard InChI is InChI=1S/C9H18OS/c1-3-4-5-6-7-8-9(11)10-2/h3-8H2,1-2H3. The second-order valence-corrected chi connectivity index (χ2v) is 3.20. The number of unbranched alkanes of at least 4 members (excludes halogenated alkanes) is 4. The first kappa shape index (κ1) is 10.9. The van der Waals surface area contributed by atoms with Crippen LogP contribution in [0.25, 0.3) is 0 Å². The summed E-state index contributed by atoms with van der Waals surface area (Å²) >= 11 is 4.91. The Labute approximate surface area is 75.1 Å². The molecule has 0 bridgehead atoms. The van der Waals surface area contributed by atoms with Crippen LogP contribution < -0.4 is 0 Å². The predicted octanol–water partition coefficient (Wildman–Crippen LogP) is 3.32. The average Bonchev–Trinajstić information content (AvgIpc) is 2.04. The van der Waals surface area contributed by atoms with Crippen LogP contribution in [0.4, 0.5) is 0 Å². The fourth-order valence-electron chi connectivity index (χ4n) is 0.975. The molecule has 0 saturated heterocycles. The number of hydrogen-bond acceptors (Lipinski definition) is 2. The first-order valence-electron chi connectivity index (χ1n) is 4.38. The van der Waals surface area contributed by atoms with Crippen molar-refractivity contribution in [1.82, 2.24) is 0 Å². The van der Waals surface area contributed by atoms with E-state index in [2.05, 4.69) is 6.92 Å².